The molecule has 3 rings (SSSR count). The molecule has 0 saturated heterocycles. The number of carboxylic acid groups (broad SMARTS) is 1. The average Bonchev–Trinajstić information content (AvgIpc) is 2.68. The topological polar surface area (TPSA) is 55.8 Å². The Morgan fingerprint density at radius 1 is 1.44 bits per heavy atom. The van der Waals surface area contributed by atoms with Gasteiger partial charge in [-0.25, -0.2) is 4.39 Å². The second kappa shape index (κ2) is 3.85. The second-order valence-electron chi connectivity index (χ2n) is 4.52. The predicted molar refractivity (Wildman–Crippen MR) is 63.4 cm³/mol. The van der Waals surface area contributed by atoms with Crippen molar-refractivity contribution in [2.45, 2.75) is 24.7 Å². The van der Waals surface area contributed by atoms with Crippen molar-refractivity contribution in [3.63, 3.8) is 0 Å². The van der Waals surface area contributed by atoms with Crippen LogP contribution in [0.4, 0.5) is 4.39 Å². The number of hydrogen-bond donors (Lipinski definition) is 1. The molecule has 1 fully saturated rings. The highest BCUT2D eigenvalue weighted by Gasteiger charge is 2.51. The summed E-state index contributed by atoms with van der Waals surface area (Å²) in [6.45, 7) is -0.00603. The summed E-state index contributed by atoms with van der Waals surface area (Å²) in [5.74, 6) is -0.951. The van der Waals surface area contributed by atoms with E-state index >= 15 is 0 Å². The first-order chi connectivity index (χ1) is 8.56. The van der Waals surface area contributed by atoms with E-state index in [1.54, 1.807) is 0 Å². The minimum Gasteiger partial charge on any atom is -0.481 e. The molecule has 0 aromatic heterocycles. The molecular formula is C12H10BrFO4. The van der Waals surface area contributed by atoms with Gasteiger partial charge in [0, 0.05) is 6.07 Å². The summed E-state index contributed by atoms with van der Waals surface area (Å²) in [7, 11) is 0. The van der Waals surface area contributed by atoms with Gasteiger partial charge in [-0.15, -0.1) is 0 Å². The van der Waals surface area contributed by atoms with Gasteiger partial charge in [-0.2, -0.15) is 0 Å². The Labute approximate surface area is 111 Å². The number of halogens is 2. The Morgan fingerprint density at radius 3 is 2.72 bits per heavy atom. The summed E-state index contributed by atoms with van der Waals surface area (Å²) in [4.78, 5) is 11.5. The summed E-state index contributed by atoms with van der Waals surface area (Å²) in [5, 5.41) is 9.41. The minimum absolute atomic E-state index is 0.00603. The molecule has 18 heavy (non-hydrogen) atoms. The van der Waals surface area contributed by atoms with Crippen molar-refractivity contribution in [2.24, 2.45) is 0 Å². The van der Waals surface area contributed by atoms with Gasteiger partial charge in [-0.1, -0.05) is 6.42 Å². The molecule has 0 radical (unpaired) electrons. The molecule has 6 heteroatoms. The predicted octanol–water partition coefficient (Wildman–Crippen LogP) is 2.82. The van der Waals surface area contributed by atoms with Crippen molar-refractivity contribution >= 4 is 21.9 Å². The minimum atomic E-state index is -1.17. The van der Waals surface area contributed by atoms with Crippen molar-refractivity contribution < 1.29 is 23.8 Å². The standard InChI is InChI=1S/C12H10BrFO4/c13-6-4-7-10(18-5-17-7)8(9(6)14)12(11(15)16)2-1-3-12/h4H,1-3,5H2,(H,15,16). The van der Waals surface area contributed by atoms with E-state index < -0.39 is 17.2 Å². The largest absolute Gasteiger partial charge is 0.481 e. The van der Waals surface area contributed by atoms with Crippen LogP contribution in [0.15, 0.2) is 10.5 Å². The fourth-order valence-electron chi connectivity index (χ4n) is 2.52. The lowest BCUT2D eigenvalue weighted by Gasteiger charge is -2.38. The molecule has 96 valence electrons. The third-order valence-corrected chi connectivity index (χ3v) is 4.23. The summed E-state index contributed by atoms with van der Waals surface area (Å²) in [5.41, 5.74) is -1.06. The van der Waals surface area contributed by atoms with Crippen molar-refractivity contribution in [1.29, 1.82) is 0 Å². The smallest absolute Gasteiger partial charge is 0.314 e. The van der Waals surface area contributed by atoms with Crippen LogP contribution in [0.25, 0.3) is 0 Å². The molecule has 0 unspecified atom stereocenters. The Hall–Kier alpha value is -1.30. The summed E-state index contributed by atoms with van der Waals surface area (Å²) >= 11 is 3.09. The van der Waals surface area contributed by atoms with Gasteiger partial charge in [0.2, 0.25) is 6.79 Å². The summed E-state index contributed by atoms with van der Waals surface area (Å²) in [6.07, 6.45) is 1.62. The fraction of sp³-hybridized carbons (Fsp3) is 0.417. The molecule has 4 nitrogen and oxygen atoms in total. The lowest BCUT2D eigenvalue weighted by Crippen LogP contribution is -2.43. The quantitative estimate of drug-likeness (QED) is 0.911. The van der Waals surface area contributed by atoms with E-state index in [0.717, 1.165) is 6.42 Å². The monoisotopic (exact) mass is 316 g/mol. The van der Waals surface area contributed by atoms with Crippen molar-refractivity contribution in [3.05, 3.63) is 21.9 Å². The zero-order chi connectivity index (χ0) is 12.9. The molecule has 1 aromatic rings. The second-order valence-corrected chi connectivity index (χ2v) is 5.38. The van der Waals surface area contributed by atoms with E-state index in [-0.39, 0.29) is 22.6 Å². The normalized spacial score (nSPS) is 19.4. The van der Waals surface area contributed by atoms with E-state index in [1.165, 1.54) is 6.07 Å². The highest BCUT2D eigenvalue weighted by Crippen LogP contribution is 2.53. The maximum absolute atomic E-state index is 14.3. The zero-order valence-corrected chi connectivity index (χ0v) is 10.9. The molecule has 1 aromatic carbocycles. The SMILES string of the molecule is O=C(O)C1(c2c(F)c(Br)cc3c2OCO3)CCC1. The summed E-state index contributed by atoms with van der Waals surface area (Å²) < 4.78 is 24.9. The van der Waals surface area contributed by atoms with Crippen LogP contribution in [0.3, 0.4) is 0 Å². The van der Waals surface area contributed by atoms with Crippen molar-refractivity contribution in [3.8, 4) is 11.5 Å². The number of rotatable bonds is 2. The molecule has 1 saturated carbocycles. The highest BCUT2D eigenvalue weighted by molar-refractivity contribution is 9.10. The molecule has 0 atom stereocenters. The van der Waals surface area contributed by atoms with Crippen LogP contribution in [0.2, 0.25) is 0 Å². The van der Waals surface area contributed by atoms with Gasteiger partial charge in [0.15, 0.2) is 11.5 Å². The first-order valence-corrected chi connectivity index (χ1v) is 6.37. The molecule has 0 amide bonds. The number of fused-ring (bicyclic) bond motifs is 1. The molecule has 1 heterocycles. The number of aliphatic carboxylic acids is 1. The third-order valence-electron chi connectivity index (χ3n) is 3.65. The third kappa shape index (κ3) is 1.38. The van der Waals surface area contributed by atoms with Gasteiger partial charge in [-0.3, -0.25) is 4.79 Å². The van der Waals surface area contributed by atoms with Crippen molar-refractivity contribution in [1.82, 2.24) is 0 Å². The Kier molecular flexibility index (Phi) is 2.52. The van der Waals surface area contributed by atoms with Crippen LogP contribution in [-0.2, 0) is 10.2 Å². The van der Waals surface area contributed by atoms with E-state index in [0.29, 0.717) is 18.6 Å². The first-order valence-electron chi connectivity index (χ1n) is 5.58. The number of benzene rings is 1. The first kappa shape index (κ1) is 11.8. The number of hydrogen-bond acceptors (Lipinski definition) is 3. The molecule has 2 aliphatic rings. The number of ether oxygens (including phenoxy) is 2. The Bertz CT molecular complexity index is 539. The maximum Gasteiger partial charge on any atom is 0.314 e. The van der Waals surface area contributed by atoms with Crippen LogP contribution in [-0.4, -0.2) is 17.9 Å². The number of carbonyl (C=O) groups is 1. The Balaban J connectivity index is 2.25. The van der Waals surface area contributed by atoms with Crippen LogP contribution < -0.4 is 9.47 Å². The van der Waals surface area contributed by atoms with E-state index in [4.69, 9.17) is 9.47 Å². The molecule has 0 spiro atoms. The lowest BCUT2D eigenvalue weighted by molar-refractivity contribution is -0.147. The van der Waals surface area contributed by atoms with Gasteiger partial charge in [-0.05, 0) is 28.8 Å². The van der Waals surface area contributed by atoms with Gasteiger partial charge >= 0.3 is 5.97 Å². The van der Waals surface area contributed by atoms with E-state index in [9.17, 15) is 14.3 Å². The van der Waals surface area contributed by atoms with Crippen LogP contribution in [0.1, 0.15) is 24.8 Å². The van der Waals surface area contributed by atoms with Crippen LogP contribution in [0, 0.1) is 5.82 Å². The average molecular weight is 317 g/mol. The fourth-order valence-corrected chi connectivity index (χ4v) is 2.92. The van der Waals surface area contributed by atoms with Gasteiger partial charge in [0.05, 0.1) is 15.5 Å². The van der Waals surface area contributed by atoms with Crippen LogP contribution >= 0.6 is 15.9 Å². The highest BCUT2D eigenvalue weighted by atomic mass is 79.9. The van der Waals surface area contributed by atoms with Crippen molar-refractivity contribution in [2.75, 3.05) is 6.79 Å². The van der Waals surface area contributed by atoms with E-state index in [2.05, 4.69) is 15.9 Å². The molecule has 0 bridgehead atoms. The molecule has 1 aliphatic heterocycles. The Morgan fingerprint density at radius 2 is 2.17 bits per heavy atom. The molecular weight excluding hydrogens is 307 g/mol. The van der Waals surface area contributed by atoms with E-state index in [1.807, 2.05) is 0 Å². The summed E-state index contributed by atoms with van der Waals surface area (Å²) in [6, 6.07) is 1.47. The molecule has 1 aliphatic carbocycles. The maximum atomic E-state index is 14.3. The number of carboxylic acids is 1. The van der Waals surface area contributed by atoms with Gasteiger partial charge in [0.25, 0.3) is 0 Å². The molecule has 1 N–H and O–H groups in total. The zero-order valence-electron chi connectivity index (χ0n) is 9.33. The lowest BCUT2D eigenvalue weighted by atomic mass is 9.64. The van der Waals surface area contributed by atoms with Crippen LogP contribution in [0.5, 0.6) is 11.5 Å². The van der Waals surface area contributed by atoms with Gasteiger partial charge in [0.1, 0.15) is 5.82 Å². The van der Waals surface area contributed by atoms with Gasteiger partial charge < -0.3 is 14.6 Å².